The van der Waals surface area contributed by atoms with Crippen LogP contribution in [0.25, 0.3) is 0 Å². The molecular formula is C15H18ClNO3. The van der Waals surface area contributed by atoms with Crippen LogP contribution in [0.1, 0.15) is 31.2 Å². The van der Waals surface area contributed by atoms with Gasteiger partial charge in [-0.15, -0.1) is 0 Å². The minimum absolute atomic E-state index is 0.0381. The maximum atomic E-state index is 12.4. The molecule has 4 nitrogen and oxygen atoms in total. The fraction of sp³-hybridized carbons (Fsp3) is 0.467. The van der Waals surface area contributed by atoms with Crippen molar-refractivity contribution in [2.75, 3.05) is 13.1 Å². The lowest BCUT2D eigenvalue weighted by Gasteiger charge is -2.32. The summed E-state index contributed by atoms with van der Waals surface area (Å²) in [6.45, 7) is 2.89. The second kappa shape index (κ2) is 6.27. The number of likely N-dealkylation sites (tertiary alicyclic amines) is 1. The highest BCUT2D eigenvalue weighted by Gasteiger charge is 2.29. The van der Waals surface area contributed by atoms with Crippen LogP contribution in [0.5, 0.6) is 0 Å². The van der Waals surface area contributed by atoms with Crippen LogP contribution in [0.3, 0.4) is 0 Å². The first-order chi connectivity index (χ1) is 9.49. The van der Waals surface area contributed by atoms with Crippen LogP contribution < -0.4 is 0 Å². The van der Waals surface area contributed by atoms with Crippen molar-refractivity contribution < 1.29 is 14.7 Å². The predicted octanol–water partition coefficient (Wildman–Crippen LogP) is 2.77. The number of piperidine rings is 1. The first-order valence-electron chi connectivity index (χ1n) is 6.76. The third-order valence-corrected chi connectivity index (χ3v) is 4.11. The number of carbonyl (C=O) groups is 2. The molecule has 1 aromatic carbocycles. The molecule has 1 atom stereocenters. The monoisotopic (exact) mass is 295 g/mol. The highest BCUT2D eigenvalue weighted by Crippen LogP contribution is 2.24. The van der Waals surface area contributed by atoms with Crippen LogP contribution in [0.4, 0.5) is 0 Å². The Morgan fingerprint density at radius 3 is 2.55 bits per heavy atom. The third kappa shape index (κ3) is 3.31. The zero-order valence-corrected chi connectivity index (χ0v) is 12.1. The fourth-order valence-electron chi connectivity index (χ4n) is 2.54. The summed E-state index contributed by atoms with van der Waals surface area (Å²) in [5, 5.41) is 9.58. The first-order valence-corrected chi connectivity index (χ1v) is 7.14. The minimum Gasteiger partial charge on any atom is -0.481 e. The summed E-state index contributed by atoms with van der Waals surface area (Å²) in [5.41, 5.74) is 0.892. The van der Waals surface area contributed by atoms with E-state index in [0.29, 0.717) is 31.0 Å². The summed E-state index contributed by atoms with van der Waals surface area (Å²) in [6, 6.07) is 7.30. The van der Waals surface area contributed by atoms with Crippen molar-refractivity contribution in [1.82, 2.24) is 4.90 Å². The average molecular weight is 296 g/mol. The SMILES string of the molecule is C[C@H](C(=O)N1CCC(C(=O)O)CC1)c1cccc(Cl)c1. The van der Waals surface area contributed by atoms with Crippen molar-refractivity contribution in [2.24, 2.45) is 5.92 Å². The van der Waals surface area contributed by atoms with E-state index in [9.17, 15) is 9.59 Å². The number of hydrogen-bond donors (Lipinski definition) is 1. The smallest absolute Gasteiger partial charge is 0.306 e. The topological polar surface area (TPSA) is 57.6 Å². The molecule has 0 aliphatic carbocycles. The van der Waals surface area contributed by atoms with Crippen molar-refractivity contribution in [1.29, 1.82) is 0 Å². The molecule has 2 rings (SSSR count). The number of nitrogens with zero attached hydrogens (tertiary/aromatic N) is 1. The molecule has 1 amide bonds. The van der Waals surface area contributed by atoms with E-state index in [-0.39, 0.29) is 17.7 Å². The summed E-state index contributed by atoms with van der Waals surface area (Å²) in [7, 11) is 0. The summed E-state index contributed by atoms with van der Waals surface area (Å²) >= 11 is 5.94. The predicted molar refractivity (Wildman–Crippen MR) is 76.8 cm³/mol. The van der Waals surface area contributed by atoms with Gasteiger partial charge in [0, 0.05) is 18.1 Å². The van der Waals surface area contributed by atoms with Gasteiger partial charge >= 0.3 is 5.97 Å². The lowest BCUT2D eigenvalue weighted by molar-refractivity contribution is -0.146. The van der Waals surface area contributed by atoms with Gasteiger partial charge in [-0.1, -0.05) is 23.7 Å². The Hall–Kier alpha value is -1.55. The standard InChI is InChI=1S/C15H18ClNO3/c1-10(12-3-2-4-13(16)9-12)14(18)17-7-5-11(6-8-17)15(19)20/h2-4,9-11H,5-8H2,1H3,(H,19,20)/t10-/m0/s1. The van der Waals surface area contributed by atoms with Crippen molar-refractivity contribution in [3.63, 3.8) is 0 Å². The number of amides is 1. The lowest BCUT2D eigenvalue weighted by atomic mass is 9.94. The van der Waals surface area contributed by atoms with E-state index < -0.39 is 5.97 Å². The molecule has 1 heterocycles. The molecule has 0 radical (unpaired) electrons. The van der Waals surface area contributed by atoms with Crippen LogP contribution in [0.2, 0.25) is 5.02 Å². The van der Waals surface area contributed by atoms with Gasteiger partial charge in [-0.3, -0.25) is 9.59 Å². The summed E-state index contributed by atoms with van der Waals surface area (Å²) in [5.74, 6) is -1.30. The van der Waals surface area contributed by atoms with Gasteiger partial charge in [-0.25, -0.2) is 0 Å². The lowest BCUT2D eigenvalue weighted by Crippen LogP contribution is -2.42. The number of carbonyl (C=O) groups excluding carboxylic acids is 1. The number of rotatable bonds is 3. The normalized spacial score (nSPS) is 17.8. The third-order valence-electron chi connectivity index (χ3n) is 3.87. The van der Waals surface area contributed by atoms with Crippen LogP contribution >= 0.6 is 11.6 Å². The Balaban J connectivity index is 2.00. The second-order valence-corrected chi connectivity index (χ2v) is 5.65. The van der Waals surface area contributed by atoms with E-state index in [1.807, 2.05) is 19.1 Å². The Morgan fingerprint density at radius 2 is 2.00 bits per heavy atom. The molecular weight excluding hydrogens is 278 g/mol. The van der Waals surface area contributed by atoms with Crippen LogP contribution in [-0.2, 0) is 9.59 Å². The number of carboxylic acid groups (broad SMARTS) is 1. The van der Waals surface area contributed by atoms with Crippen LogP contribution in [0.15, 0.2) is 24.3 Å². The summed E-state index contributed by atoms with van der Waals surface area (Å²) in [4.78, 5) is 25.1. The minimum atomic E-state index is -0.764. The van der Waals surface area contributed by atoms with E-state index in [4.69, 9.17) is 16.7 Å². The number of halogens is 1. The molecule has 0 saturated carbocycles. The Labute approximate surface area is 123 Å². The van der Waals surface area contributed by atoms with E-state index in [2.05, 4.69) is 0 Å². The molecule has 0 bridgehead atoms. The van der Waals surface area contributed by atoms with Crippen LogP contribution in [0, 0.1) is 5.92 Å². The largest absolute Gasteiger partial charge is 0.481 e. The van der Waals surface area contributed by atoms with Gasteiger partial charge in [-0.2, -0.15) is 0 Å². The number of benzene rings is 1. The van der Waals surface area contributed by atoms with E-state index in [1.54, 1.807) is 17.0 Å². The molecule has 108 valence electrons. The zero-order valence-electron chi connectivity index (χ0n) is 11.4. The van der Waals surface area contributed by atoms with Gasteiger partial charge in [0.2, 0.25) is 5.91 Å². The quantitative estimate of drug-likeness (QED) is 0.933. The van der Waals surface area contributed by atoms with Crippen molar-refractivity contribution in [2.45, 2.75) is 25.7 Å². The molecule has 1 fully saturated rings. The molecule has 0 aromatic heterocycles. The fourth-order valence-corrected chi connectivity index (χ4v) is 2.74. The van der Waals surface area contributed by atoms with Crippen LogP contribution in [-0.4, -0.2) is 35.0 Å². The first kappa shape index (κ1) is 14.9. The molecule has 20 heavy (non-hydrogen) atoms. The van der Waals surface area contributed by atoms with Gasteiger partial charge in [-0.05, 0) is 37.5 Å². The number of carboxylic acids is 1. The van der Waals surface area contributed by atoms with Gasteiger partial charge in [0.25, 0.3) is 0 Å². The van der Waals surface area contributed by atoms with Gasteiger partial charge in [0.05, 0.1) is 11.8 Å². The zero-order chi connectivity index (χ0) is 14.7. The van der Waals surface area contributed by atoms with Gasteiger partial charge in [0.15, 0.2) is 0 Å². The molecule has 0 spiro atoms. The highest BCUT2D eigenvalue weighted by atomic mass is 35.5. The molecule has 0 unspecified atom stereocenters. The number of aliphatic carboxylic acids is 1. The molecule has 1 aliphatic heterocycles. The average Bonchev–Trinajstić information content (AvgIpc) is 2.46. The van der Waals surface area contributed by atoms with Crippen molar-refractivity contribution in [3.05, 3.63) is 34.9 Å². The van der Waals surface area contributed by atoms with Crippen molar-refractivity contribution >= 4 is 23.5 Å². The van der Waals surface area contributed by atoms with E-state index in [0.717, 1.165) is 5.56 Å². The second-order valence-electron chi connectivity index (χ2n) is 5.21. The molecule has 1 aliphatic rings. The maximum Gasteiger partial charge on any atom is 0.306 e. The Morgan fingerprint density at radius 1 is 1.35 bits per heavy atom. The maximum absolute atomic E-state index is 12.4. The van der Waals surface area contributed by atoms with Gasteiger partial charge < -0.3 is 10.0 Å². The van der Waals surface area contributed by atoms with Crippen molar-refractivity contribution in [3.8, 4) is 0 Å². The highest BCUT2D eigenvalue weighted by molar-refractivity contribution is 6.30. The van der Waals surface area contributed by atoms with E-state index >= 15 is 0 Å². The van der Waals surface area contributed by atoms with E-state index in [1.165, 1.54) is 0 Å². The Bertz CT molecular complexity index is 510. The summed E-state index contributed by atoms with van der Waals surface area (Å²) in [6.07, 6.45) is 1.06. The summed E-state index contributed by atoms with van der Waals surface area (Å²) < 4.78 is 0. The van der Waals surface area contributed by atoms with Gasteiger partial charge in [0.1, 0.15) is 0 Å². The number of hydrogen-bond acceptors (Lipinski definition) is 2. The molecule has 1 N–H and O–H groups in total. The Kier molecular flexibility index (Phi) is 4.65. The molecule has 1 saturated heterocycles. The molecule has 1 aromatic rings. The molecule has 5 heteroatoms.